The maximum absolute atomic E-state index is 5.83. The lowest BCUT2D eigenvalue weighted by atomic mass is 10.2. The number of aryl methyl sites for hydroxylation is 1. The lowest BCUT2D eigenvalue weighted by Gasteiger charge is -2.15. The third-order valence-corrected chi connectivity index (χ3v) is 4.60. The van der Waals surface area contributed by atoms with E-state index in [1.54, 1.807) is 0 Å². The summed E-state index contributed by atoms with van der Waals surface area (Å²) in [5, 5.41) is 11.5. The molecule has 1 saturated heterocycles. The van der Waals surface area contributed by atoms with Crippen LogP contribution in [0.1, 0.15) is 18.4 Å². The van der Waals surface area contributed by atoms with E-state index in [0.717, 1.165) is 41.2 Å². The van der Waals surface area contributed by atoms with Crippen LogP contribution in [-0.4, -0.2) is 46.3 Å². The van der Waals surface area contributed by atoms with E-state index in [1.165, 1.54) is 25.9 Å². The number of anilines is 2. The molecule has 0 spiro atoms. The highest BCUT2D eigenvalue weighted by Crippen LogP contribution is 2.19. The lowest BCUT2D eigenvalue weighted by molar-refractivity contribution is 0.238. The normalized spacial score (nSPS) is 14.7. The maximum Gasteiger partial charge on any atom is 0.247 e. The van der Waals surface area contributed by atoms with E-state index in [0.29, 0.717) is 5.95 Å². The van der Waals surface area contributed by atoms with E-state index in [9.17, 15) is 0 Å². The fourth-order valence-electron chi connectivity index (χ4n) is 3.16. The molecule has 0 unspecified atom stereocenters. The highest BCUT2D eigenvalue weighted by molar-refractivity contribution is 5.75. The molecule has 2 aromatic carbocycles. The molecule has 26 heavy (non-hydrogen) atoms. The molecule has 0 saturated carbocycles. The predicted molar refractivity (Wildman–Crippen MR) is 103 cm³/mol. The first-order chi connectivity index (χ1) is 12.8. The van der Waals surface area contributed by atoms with Crippen molar-refractivity contribution in [2.24, 2.45) is 0 Å². The second-order valence-corrected chi connectivity index (χ2v) is 6.67. The number of benzene rings is 2. The average molecular weight is 349 g/mol. The van der Waals surface area contributed by atoms with Gasteiger partial charge in [0.1, 0.15) is 17.9 Å². The van der Waals surface area contributed by atoms with Gasteiger partial charge in [0.25, 0.3) is 0 Å². The Morgan fingerprint density at radius 3 is 2.62 bits per heavy atom. The Hall–Kier alpha value is -2.73. The molecule has 134 valence electrons. The summed E-state index contributed by atoms with van der Waals surface area (Å²) < 4.78 is 5.83. The van der Waals surface area contributed by atoms with Crippen molar-refractivity contribution in [2.75, 3.05) is 31.6 Å². The van der Waals surface area contributed by atoms with E-state index in [2.05, 4.69) is 25.4 Å². The van der Waals surface area contributed by atoms with Crippen LogP contribution in [0.3, 0.4) is 0 Å². The third kappa shape index (κ3) is 4.08. The van der Waals surface area contributed by atoms with Crippen LogP contribution >= 0.6 is 0 Å². The average Bonchev–Trinajstić information content (AvgIpc) is 3.16. The van der Waals surface area contributed by atoms with Crippen LogP contribution in [0.25, 0.3) is 11.0 Å². The SMILES string of the molecule is Cc1ccc2nnc(Nc3ccc(OCCN4CCCC4)cc3)nc2c1. The summed E-state index contributed by atoms with van der Waals surface area (Å²) in [6.07, 6.45) is 2.62. The van der Waals surface area contributed by atoms with E-state index in [4.69, 9.17) is 4.74 Å². The summed E-state index contributed by atoms with van der Waals surface area (Å²) >= 11 is 0. The van der Waals surface area contributed by atoms with Gasteiger partial charge in [-0.25, -0.2) is 4.98 Å². The maximum atomic E-state index is 5.83. The Labute approximate surface area is 153 Å². The minimum atomic E-state index is 0.491. The van der Waals surface area contributed by atoms with Crippen LogP contribution in [0, 0.1) is 6.92 Å². The second kappa shape index (κ2) is 7.66. The molecule has 4 rings (SSSR count). The molecule has 1 fully saturated rings. The Balaban J connectivity index is 1.36. The zero-order chi connectivity index (χ0) is 17.8. The molecular formula is C20H23N5O. The predicted octanol–water partition coefficient (Wildman–Crippen LogP) is 3.55. The van der Waals surface area contributed by atoms with Crippen molar-refractivity contribution in [3.63, 3.8) is 0 Å². The zero-order valence-electron chi connectivity index (χ0n) is 15.0. The first kappa shape index (κ1) is 16.7. The molecule has 0 aliphatic carbocycles. The summed E-state index contributed by atoms with van der Waals surface area (Å²) in [5.41, 5.74) is 3.69. The number of ether oxygens (including phenoxy) is 1. The quantitative estimate of drug-likeness (QED) is 0.734. The van der Waals surface area contributed by atoms with E-state index in [1.807, 2.05) is 49.4 Å². The number of fused-ring (bicyclic) bond motifs is 1. The largest absolute Gasteiger partial charge is 0.492 e. The van der Waals surface area contributed by atoms with Gasteiger partial charge in [-0.05, 0) is 74.8 Å². The van der Waals surface area contributed by atoms with Crippen LogP contribution in [-0.2, 0) is 0 Å². The fraction of sp³-hybridized carbons (Fsp3) is 0.350. The third-order valence-electron chi connectivity index (χ3n) is 4.60. The number of likely N-dealkylation sites (tertiary alicyclic amines) is 1. The Morgan fingerprint density at radius 1 is 1.00 bits per heavy atom. The van der Waals surface area contributed by atoms with E-state index in [-0.39, 0.29) is 0 Å². The molecule has 1 aromatic heterocycles. The minimum Gasteiger partial charge on any atom is -0.492 e. The van der Waals surface area contributed by atoms with E-state index < -0.39 is 0 Å². The van der Waals surface area contributed by atoms with Gasteiger partial charge in [-0.1, -0.05) is 6.07 Å². The molecule has 2 heterocycles. The highest BCUT2D eigenvalue weighted by Gasteiger charge is 2.10. The molecule has 1 aliphatic heterocycles. The summed E-state index contributed by atoms with van der Waals surface area (Å²) in [7, 11) is 0. The van der Waals surface area contributed by atoms with Gasteiger partial charge >= 0.3 is 0 Å². The molecule has 3 aromatic rings. The number of nitrogens with one attached hydrogen (secondary N) is 1. The monoisotopic (exact) mass is 349 g/mol. The highest BCUT2D eigenvalue weighted by atomic mass is 16.5. The smallest absolute Gasteiger partial charge is 0.247 e. The summed E-state index contributed by atoms with van der Waals surface area (Å²) in [4.78, 5) is 6.97. The summed E-state index contributed by atoms with van der Waals surface area (Å²) in [6, 6.07) is 13.8. The Bertz CT molecular complexity index is 875. The van der Waals surface area contributed by atoms with Crippen molar-refractivity contribution >= 4 is 22.7 Å². The topological polar surface area (TPSA) is 63.2 Å². The number of hydrogen-bond donors (Lipinski definition) is 1. The first-order valence-corrected chi connectivity index (χ1v) is 9.10. The van der Waals surface area contributed by atoms with Crippen LogP contribution in [0.2, 0.25) is 0 Å². The molecule has 1 N–H and O–H groups in total. The molecule has 0 bridgehead atoms. The van der Waals surface area contributed by atoms with Crippen molar-refractivity contribution in [2.45, 2.75) is 19.8 Å². The van der Waals surface area contributed by atoms with Crippen LogP contribution in [0.4, 0.5) is 11.6 Å². The number of hydrogen-bond acceptors (Lipinski definition) is 6. The van der Waals surface area contributed by atoms with Gasteiger partial charge in [-0.3, -0.25) is 4.90 Å². The first-order valence-electron chi connectivity index (χ1n) is 9.10. The van der Waals surface area contributed by atoms with Crippen molar-refractivity contribution in [1.29, 1.82) is 0 Å². The van der Waals surface area contributed by atoms with Crippen LogP contribution < -0.4 is 10.1 Å². The van der Waals surface area contributed by atoms with E-state index >= 15 is 0 Å². The molecule has 0 radical (unpaired) electrons. The molecule has 0 atom stereocenters. The number of nitrogens with zero attached hydrogens (tertiary/aromatic N) is 4. The van der Waals surface area contributed by atoms with Gasteiger partial charge in [0, 0.05) is 12.2 Å². The van der Waals surface area contributed by atoms with Crippen molar-refractivity contribution in [3.8, 4) is 5.75 Å². The van der Waals surface area contributed by atoms with Crippen molar-refractivity contribution < 1.29 is 4.74 Å². The molecule has 0 amide bonds. The van der Waals surface area contributed by atoms with Gasteiger partial charge in [-0.15, -0.1) is 10.2 Å². The van der Waals surface area contributed by atoms with Crippen LogP contribution in [0.5, 0.6) is 5.75 Å². The van der Waals surface area contributed by atoms with Gasteiger partial charge in [0.15, 0.2) is 0 Å². The summed E-state index contributed by atoms with van der Waals surface area (Å²) in [6.45, 7) is 6.16. The second-order valence-electron chi connectivity index (χ2n) is 6.67. The van der Waals surface area contributed by atoms with Crippen molar-refractivity contribution in [1.82, 2.24) is 20.1 Å². The van der Waals surface area contributed by atoms with Gasteiger partial charge in [0.2, 0.25) is 5.95 Å². The van der Waals surface area contributed by atoms with Crippen molar-refractivity contribution in [3.05, 3.63) is 48.0 Å². The molecule has 6 heteroatoms. The standard InChI is InChI=1S/C20H23N5O/c1-15-4-9-18-19(14-15)22-20(24-23-18)21-16-5-7-17(8-6-16)26-13-12-25-10-2-3-11-25/h4-9,14H,2-3,10-13H2,1H3,(H,21,22,24). The molecule has 1 aliphatic rings. The Kier molecular flexibility index (Phi) is 4.93. The summed E-state index contributed by atoms with van der Waals surface area (Å²) in [5.74, 6) is 1.37. The van der Waals surface area contributed by atoms with Gasteiger partial charge in [0.05, 0.1) is 5.52 Å². The fourth-order valence-corrected chi connectivity index (χ4v) is 3.16. The lowest BCUT2D eigenvalue weighted by Crippen LogP contribution is -2.25. The molecule has 6 nitrogen and oxygen atoms in total. The zero-order valence-corrected chi connectivity index (χ0v) is 15.0. The Morgan fingerprint density at radius 2 is 1.81 bits per heavy atom. The number of aromatic nitrogens is 3. The molecular weight excluding hydrogens is 326 g/mol. The van der Waals surface area contributed by atoms with Gasteiger partial charge < -0.3 is 10.1 Å². The number of rotatable bonds is 6. The minimum absolute atomic E-state index is 0.491. The van der Waals surface area contributed by atoms with Gasteiger partial charge in [-0.2, -0.15) is 0 Å². The van der Waals surface area contributed by atoms with Crippen LogP contribution in [0.15, 0.2) is 42.5 Å².